The van der Waals surface area contributed by atoms with Gasteiger partial charge in [0, 0.05) is 148 Å². The van der Waals surface area contributed by atoms with E-state index in [1.54, 1.807) is 13.8 Å². The highest BCUT2D eigenvalue weighted by Gasteiger charge is 2.20. The maximum atomic E-state index is 8.51. The summed E-state index contributed by atoms with van der Waals surface area (Å²) in [6.45, 7) is -48.0. The first-order chi connectivity index (χ1) is 59.7. The van der Waals surface area contributed by atoms with Gasteiger partial charge in [0.15, 0.2) is 24.8 Å². The third-order valence-corrected chi connectivity index (χ3v) is 12.5. The Labute approximate surface area is 556 Å². The first-order valence-electron chi connectivity index (χ1n) is 52.5. The number of rotatable bonds is 8. The zero-order valence-electron chi connectivity index (χ0n) is 102. The molecule has 4 heteroatoms. The van der Waals surface area contributed by atoms with Crippen LogP contribution in [0.3, 0.4) is 0 Å². The second kappa shape index (κ2) is 26.4. The van der Waals surface area contributed by atoms with Crippen molar-refractivity contribution in [2.24, 2.45) is 28.2 Å². The molecule has 0 aliphatic heterocycles. The molecule has 0 fully saturated rings. The highest BCUT2D eigenvalue weighted by atomic mass is 14.9. The molecular weight excluding hydrogens is 945 g/mol. The van der Waals surface area contributed by atoms with Crippen LogP contribution in [0.2, 0.25) is 0 Å². The third-order valence-electron chi connectivity index (χ3n) is 12.5. The van der Waals surface area contributed by atoms with E-state index >= 15 is 0 Å². The van der Waals surface area contributed by atoms with Crippen LogP contribution in [-0.2, 0) is 28.2 Å². The summed E-state index contributed by atoms with van der Waals surface area (Å²) in [6.07, 6.45) is 4.64. The molecule has 0 spiro atoms. The monoisotopic (exact) mass is 1100 g/mol. The quantitative estimate of drug-likeness (QED) is 0.135. The van der Waals surface area contributed by atoms with Crippen molar-refractivity contribution >= 4 is 0 Å². The number of nitrogens with zero attached hydrogens (tertiary/aromatic N) is 4. The molecule has 4 aromatic carbocycles. The smallest absolute Gasteiger partial charge is 0.201 e. The minimum absolute atomic E-state index is 0.0991. The predicted molar refractivity (Wildman–Crippen MR) is 335 cm³/mol. The highest BCUT2D eigenvalue weighted by molar-refractivity contribution is 5.67. The summed E-state index contributed by atoms with van der Waals surface area (Å²) in [6, 6.07) is 16.5. The van der Waals surface area contributed by atoms with Gasteiger partial charge in [0.25, 0.3) is 0 Å². The Bertz CT molecular complexity index is 5560. The first-order valence-corrected chi connectivity index (χ1v) is 23.5. The van der Waals surface area contributed by atoms with E-state index in [0.29, 0.717) is 27.9 Å². The van der Waals surface area contributed by atoms with Gasteiger partial charge in [-0.2, -0.15) is 0 Å². The molecule has 0 N–H and O–H groups in total. The van der Waals surface area contributed by atoms with Crippen LogP contribution < -0.4 is 18.3 Å². The Kier molecular flexibility index (Phi) is 6.75. The van der Waals surface area contributed by atoms with Gasteiger partial charge < -0.3 is 0 Å². The maximum absolute atomic E-state index is 8.51. The van der Waals surface area contributed by atoms with Crippen LogP contribution >= 0.6 is 0 Å². The van der Waals surface area contributed by atoms with Crippen LogP contribution in [0.25, 0.3) is 45.0 Å². The largest absolute Gasteiger partial charge is 0.212 e. The molecule has 78 heavy (non-hydrogen) atoms. The summed E-state index contributed by atoms with van der Waals surface area (Å²) in [5.41, 5.74) is -3.02. The summed E-state index contributed by atoms with van der Waals surface area (Å²) in [7, 11) is 5.86. The Hall–Kier alpha value is -6.52. The van der Waals surface area contributed by atoms with Gasteiger partial charge in [-0.25, -0.2) is 18.3 Å². The van der Waals surface area contributed by atoms with E-state index in [9.17, 15) is 0 Å². The summed E-state index contributed by atoms with van der Waals surface area (Å²) >= 11 is 0. The normalized spacial score (nSPS) is 25.6. The van der Waals surface area contributed by atoms with Crippen LogP contribution in [0, 0.1) is 96.2 Å². The van der Waals surface area contributed by atoms with Crippen LogP contribution in [0.1, 0.15) is 258 Å². The van der Waals surface area contributed by atoms with Gasteiger partial charge >= 0.3 is 0 Å². The minimum Gasteiger partial charge on any atom is -0.201 e. The highest BCUT2D eigenvalue weighted by Crippen LogP contribution is 2.32. The average Bonchev–Trinajstić information content (AvgIpc) is 0.733. The van der Waals surface area contributed by atoms with Crippen molar-refractivity contribution in [3.8, 4) is 45.0 Å². The summed E-state index contributed by atoms with van der Waals surface area (Å²) in [5.74, 6) is -12.4. The van der Waals surface area contributed by atoms with Gasteiger partial charge in [0.05, 0.1) is 0 Å². The van der Waals surface area contributed by atoms with E-state index in [4.69, 9.17) is 79.5 Å². The van der Waals surface area contributed by atoms with E-state index in [1.807, 2.05) is 0 Å². The van der Waals surface area contributed by atoms with Crippen LogP contribution in [0.15, 0.2) is 110 Å². The topological polar surface area (TPSA) is 15.5 Å². The lowest BCUT2D eigenvalue weighted by Crippen LogP contribution is -2.31. The molecule has 412 valence electrons. The first kappa shape index (κ1) is 19.9. The Balaban J connectivity index is 0.000000321. The van der Waals surface area contributed by atoms with E-state index in [-0.39, 0.29) is 83.8 Å². The predicted octanol–water partition coefficient (Wildman–Crippen LogP) is 17.5. The Morgan fingerprint density at radius 1 is 0.282 bits per heavy atom. The zero-order valence-corrected chi connectivity index (χ0v) is 44.2. The lowest BCUT2D eigenvalue weighted by Gasteiger charge is -2.14. The molecular formula is C74H100N4+4. The minimum atomic E-state index is -3.42. The van der Waals surface area contributed by atoms with Crippen molar-refractivity contribution in [3.05, 3.63) is 210 Å². The zero-order chi connectivity index (χ0) is 107. The van der Waals surface area contributed by atoms with Crippen molar-refractivity contribution in [1.29, 1.82) is 0 Å². The summed E-state index contributed by atoms with van der Waals surface area (Å²) in [5, 5.41) is 0. The standard InChI is InChI=1S/C20H28N.C19H26N.C18H24N.C17H22N/c1-13(2)17-8-9-20(21(7)12-17)19-11-15(5)18(14(3)4)10-16(19)6;1-12(2)17-8-15(5)18(9-14(17)4)19-10-13(3)16(6)11-20(19)7;1-12(2)16-7-8-18(19(6)11-16)17-10-14(4)13(3)9-15(17)5;1-11-7-14(4)16(8-12(11)2)17-9-13(3)15(5)10-18(17)6/h8-14H,1-7H3;8-12H,1-7H3;7-12H,1-6H3;7-10H,1-6H3/q4*+1/i1D3,2D3,3D3,4D3,5D3,13D,14D;1D3,2D3,3D3,4D3,6D3,12D;1D3,2D3,3D3,4D3,12D;1D3,2D3,3D3,5D3. The molecule has 4 aromatic heterocycles. The number of aromatic nitrogens is 4. The molecule has 0 unspecified atom stereocenters. The van der Waals surface area contributed by atoms with Crippen LogP contribution in [0.5, 0.6) is 0 Å². The number of aryl methyl sites for hydroxylation is 18. The molecule has 0 aliphatic carbocycles. The average molecular weight is 1100 g/mol. The molecule has 0 saturated carbocycles. The van der Waals surface area contributed by atoms with E-state index < -0.39 is 180 Å². The van der Waals surface area contributed by atoms with Gasteiger partial charge in [-0.05, 0) is 234 Å². The van der Waals surface area contributed by atoms with Crippen LogP contribution in [-0.4, -0.2) is 0 Å². The lowest BCUT2D eigenvalue weighted by molar-refractivity contribution is -0.661. The summed E-state index contributed by atoms with van der Waals surface area (Å²) in [4.78, 5) is 0. The fourth-order valence-corrected chi connectivity index (χ4v) is 8.25. The van der Waals surface area contributed by atoms with Gasteiger partial charge in [0.2, 0.25) is 22.8 Å². The SMILES string of the molecule is [2H]C([2H])([2H])c1cc(-c2cc(C([2H])([2H])[2H])c(C([2H])(C([2H])([2H])[2H])C([2H])([2H])[2H])cc2C)[n+](C)cc1C([2H])([2H])[2H].[2H]C([2H])([2H])c1cc(-c2ccc(C([2H])(C([2H])([2H])[2H])C([2H])([2H])[2H])c[n+]2C)c(C)cc1C([2H])(C([2H])([2H])[2H])C([2H])([2H])[2H].[2H]C([2H])([2H])c1cc(C)c(-c2cc(C([2H])([2H])[2H])c(C([2H])([2H])[2H])c[n+]2C)cc1C([2H])([2H])[2H].[2H]C([2H])([2H])c1cc(C)c(-c2ccc(C([2H])(C([2H])([2H])[2H])C([2H])([2H])[2H])c[n+]2C)cc1C([2H])([2H])[2H]. The molecule has 0 atom stereocenters. The maximum Gasteiger partial charge on any atom is 0.212 e. The second-order valence-electron chi connectivity index (χ2n) is 18.4. The van der Waals surface area contributed by atoms with Gasteiger partial charge in [-0.15, -0.1) is 0 Å². The second-order valence-corrected chi connectivity index (χ2v) is 18.4. The number of pyridine rings is 4. The van der Waals surface area contributed by atoms with E-state index in [1.165, 1.54) is 121 Å². The fourth-order valence-electron chi connectivity index (χ4n) is 8.25. The van der Waals surface area contributed by atoms with E-state index in [0.717, 1.165) is 48.8 Å². The lowest BCUT2D eigenvalue weighted by atomic mass is 9.91. The van der Waals surface area contributed by atoms with Gasteiger partial charge in [0.1, 0.15) is 28.2 Å². The number of benzene rings is 4. The van der Waals surface area contributed by atoms with Gasteiger partial charge in [-0.1, -0.05) is 79.1 Å². The molecule has 0 saturated heterocycles. The molecule has 0 amide bonds. The van der Waals surface area contributed by atoms with Crippen molar-refractivity contribution in [2.45, 2.75) is 175 Å². The molecule has 8 aromatic rings. The Morgan fingerprint density at radius 2 is 0.564 bits per heavy atom. The molecule has 4 nitrogen and oxygen atoms in total. The van der Waals surface area contributed by atoms with E-state index in [2.05, 4.69) is 0 Å². The summed E-state index contributed by atoms with van der Waals surface area (Å²) < 4.78 is 457. The molecule has 0 aliphatic rings. The van der Waals surface area contributed by atoms with Crippen LogP contribution in [0.4, 0.5) is 0 Å². The van der Waals surface area contributed by atoms with Crippen molar-refractivity contribution < 1.29 is 97.8 Å². The van der Waals surface area contributed by atoms with Gasteiger partial charge in [-0.3, -0.25) is 0 Å². The number of hydrogen-bond donors (Lipinski definition) is 0. The third kappa shape index (κ3) is 15.0. The number of hydrogen-bond acceptors (Lipinski definition) is 0. The molecule has 8 rings (SSSR count). The molecule has 0 bridgehead atoms. The van der Waals surface area contributed by atoms with Crippen molar-refractivity contribution in [1.82, 2.24) is 0 Å². The Morgan fingerprint density at radius 3 is 0.885 bits per heavy atom. The fraction of sp³-hybridized carbons (Fsp3) is 0.405. The van der Waals surface area contributed by atoms with Crippen molar-refractivity contribution in [2.75, 3.05) is 0 Å². The molecule has 0 radical (unpaired) electrons. The molecule has 4 heterocycles. The van der Waals surface area contributed by atoms with Crippen molar-refractivity contribution in [3.63, 3.8) is 0 Å².